The van der Waals surface area contributed by atoms with Crippen LogP contribution in [0.4, 0.5) is 10.1 Å². The van der Waals surface area contributed by atoms with Crippen LogP contribution in [0.1, 0.15) is 20.7 Å². The maximum absolute atomic E-state index is 14.8. The number of hydrogen-bond donors (Lipinski definition) is 1. The largest absolute Gasteiger partial charge is 0.335 e. The zero-order chi connectivity index (χ0) is 24.2. The third-order valence-electron chi connectivity index (χ3n) is 5.86. The number of carbonyl (C=O) groups is 2. The molecule has 1 saturated heterocycles. The monoisotopic (exact) mass is 487 g/mol. The van der Waals surface area contributed by atoms with Crippen LogP contribution in [0.15, 0.2) is 84.1 Å². The smallest absolute Gasteiger partial charge is 0.254 e. The number of rotatable bonds is 5. The van der Waals surface area contributed by atoms with Crippen LogP contribution >= 0.6 is 11.9 Å². The van der Waals surface area contributed by atoms with Gasteiger partial charge in [0.25, 0.3) is 11.8 Å². The topological polar surface area (TPSA) is 78.4 Å². The van der Waals surface area contributed by atoms with Crippen molar-refractivity contribution in [3.8, 4) is 0 Å². The number of nitrogens with one attached hydrogen (secondary N) is 1. The first-order valence-corrected chi connectivity index (χ1v) is 12.0. The molecule has 0 spiro atoms. The van der Waals surface area contributed by atoms with Gasteiger partial charge in [0.15, 0.2) is 0 Å². The lowest BCUT2D eigenvalue weighted by molar-refractivity contribution is 0.0535. The van der Waals surface area contributed by atoms with Crippen molar-refractivity contribution in [2.24, 2.45) is 0 Å². The molecule has 1 aliphatic rings. The van der Waals surface area contributed by atoms with E-state index in [1.165, 1.54) is 18.0 Å². The van der Waals surface area contributed by atoms with Crippen molar-refractivity contribution < 1.29 is 14.0 Å². The van der Waals surface area contributed by atoms with E-state index in [1.54, 1.807) is 52.7 Å². The van der Waals surface area contributed by atoms with Crippen LogP contribution in [0.3, 0.4) is 0 Å². The Labute approximate surface area is 206 Å². The van der Waals surface area contributed by atoms with Crippen LogP contribution in [-0.2, 0) is 0 Å². The lowest BCUT2D eigenvalue weighted by Gasteiger charge is -2.34. The Hall–Kier alpha value is -3.98. The SMILES string of the molecule is O=C(c1ccncc1)N1CCN(C(=O)c2ccc(NSc3cccc4cccnc34)c(F)c2)CC1. The standard InChI is InChI=1S/C26H22FN5O2S/c27-21-17-20(6-7-22(21)30-35-23-5-1-3-18-4-2-10-29-24(18)23)26(34)32-15-13-31(14-16-32)25(33)19-8-11-28-12-9-19/h1-12,17,30H,13-16H2. The fraction of sp³-hybridized carbons (Fsp3) is 0.154. The van der Waals surface area contributed by atoms with Gasteiger partial charge >= 0.3 is 0 Å². The molecule has 35 heavy (non-hydrogen) atoms. The highest BCUT2D eigenvalue weighted by Gasteiger charge is 2.26. The summed E-state index contributed by atoms with van der Waals surface area (Å²) in [7, 11) is 0. The summed E-state index contributed by atoms with van der Waals surface area (Å²) in [6, 6.07) is 17.4. The molecule has 0 radical (unpaired) electrons. The van der Waals surface area contributed by atoms with E-state index < -0.39 is 5.82 Å². The first kappa shape index (κ1) is 22.8. The average Bonchev–Trinajstić information content (AvgIpc) is 2.92. The first-order valence-electron chi connectivity index (χ1n) is 11.1. The minimum atomic E-state index is -0.511. The Balaban J connectivity index is 1.21. The van der Waals surface area contributed by atoms with Gasteiger partial charge < -0.3 is 14.5 Å². The molecule has 0 bridgehead atoms. The molecule has 0 unspecified atom stereocenters. The third-order valence-corrected chi connectivity index (χ3v) is 6.74. The molecule has 2 aromatic carbocycles. The van der Waals surface area contributed by atoms with Crippen LogP contribution < -0.4 is 4.72 Å². The molecule has 0 atom stereocenters. The van der Waals surface area contributed by atoms with Crippen molar-refractivity contribution in [2.45, 2.75) is 4.90 Å². The fourth-order valence-electron chi connectivity index (χ4n) is 3.97. The van der Waals surface area contributed by atoms with E-state index in [-0.39, 0.29) is 23.1 Å². The third kappa shape index (κ3) is 4.95. The van der Waals surface area contributed by atoms with Crippen LogP contribution in [0, 0.1) is 5.82 Å². The molecule has 1 fully saturated rings. The van der Waals surface area contributed by atoms with Gasteiger partial charge in [0.05, 0.1) is 16.1 Å². The molecule has 7 nitrogen and oxygen atoms in total. The summed E-state index contributed by atoms with van der Waals surface area (Å²) >= 11 is 1.27. The Bertz CT molecular complexity index is 1370. The number of amides is 2. The van der Waals surface area contributed by atoms with Gasteiger partial charge in [-0.2, -0.15) is 0 Å². The van der Waals surface area contributed by atoms with Gasteiger partial charge in [-0.05, 0) is 54.4 Å². The summed E-state index contributed by atoms with van der Waals surface area (Å²) in [5, 5.41) is 1.00. The van der Waals surface area contributed by atoms with Crippen molar-refractivity contribution in [3.05, 3.63) is 96.2 Å². The van der Waals surface area contributed by atoms with Gasteiger partial charge in [-0.1, -0.05) is 18.2 Å². The second-order valence-corrected chi connectivity index (χ2v) is 8.90. The van der Waals surface area contributed by atoms with Gasteiger partial charge in [-0.25, -0.2) is 4.39 Å². The van der Waals surface area contributed by atoms with E-state index in [9.17, 15) is 14.0 Å². The van der Waals surface area contributed by atoms with E-state index in [2.05, 4.69) is 14.7 Å². The minimum absolute atomic E-state index is 0.0835. The Morgan fingerprint density at radius 3 is 2.23 bits per heavy atom. The Morgan fingerprint density at radius 1 is 0.829 bits per heavy atom. The minimum Gasteiger partial charge on any atom is -0.335 e. The summed E-state index contributed by atoms with van der Waals surface area (Å²) in [5.74, 6) is -0.847. The predicted octanol–water partition coefficient (Wildman–Crippen LogP) is 4.49. The van der Waals surface area contributed by atoms with Gasteiger partial charge in [-0.15, -0.1) is 0 Å². The number of aromatic nitrogens is 2. The summed E-state index contributed by atoms with van der Waals surface area (Å²) < 4.78 is 17.9. The highest BCUT2D eigenvalue weighted by Crippen LogP contribution is 2.29. The number of carbonyl (C=O) groups excluding carboxylic acids is 2. The predicted molar refractivity (Wildman–Crippen MR) is 134 cm³/mol. The summed E-state index contributed by atoms with van der Waals surface area (Å²) in [6.07, 6.45) is 4.89. The number of para-hydroxylation sites is 1. The van der Waals surface area contributed by atoms with Gasteiger partial charge in [0.2, 0.25) is 0 Å². The number of benzene rings is 2. The number of halogens is 1. The van der Waals surface area contributed by atoms with Crippen molar-refractivity contribution in [1.29, 1.82) is 0 Å². The maximum atomic E-state index is 14.8. The van der Waals surface area contributed by atoms with E-state index in [0.717, 1.165) is 15.8 Å². The molecule has 3 heterocycles. The van der Waals surface area contributed by atoms with Crippen molar-refractivity contribution in [2.75, 3.05) is 30.9 Å². The molecule has 5 rings (SSSR count). The lowest BCUT2D eigenvalue weighted by atomic mass is 10.1. The molecule has 0 saturated carbocycles. The molecule has 176 valence electrons. The van der Waals surface area contributed by atoms with Crippen LogP contribution in [0.25, 0.3) is 10.9 Å². The molecule has 2 amide bonds. The number of piperazine rings is 1. The summed E-state index contributed by atoms with van der Waals surface area (Å²) in [5.41, 5.74) is 1.97. The molecule has 1 N–H and O–H groups in total. The Kier molecular flexibility index (Phi) is 6.58. The maximum Gasteiger partial charge on any atom is 0.254 e. The molecular formula is C26H22FN5O2S. The number of hydrogen-bond acceptors (Lipinski definition) is 6. The first-order chi connectivity index (χ1) is 17.1. The lowest BCUT2D eigenvalue weighted by Crippen LogP contribution is -2.50. The van der Waals surface area contributed by atoms with Crippen LogP contribution in [0.2, 0.25) is 0 Å². The second-order valence-electron chi connectivity index (χ2n) is 8.05. The van der Waals surface area contributed by atoms with Crippen molar-refractivity contribution in [1.82, 2.24) is 19.8 Å². The quantitative estimate of drug-likeness (QED) is 0.418. The van der Waals surface area contributed by atoms with Crippen LogP contribution in [-0.4, -0.2) is 57.8 Å². The van der Waals surface area contributed by atoms with Gasteiger partial charge in [-0.3, -0.25) is 19.6 Å². The van der Waals surface area contributed by atoms with Gasteiger partial charge in [0.1, 0.15) is 5.82 Å². The average molecular weight is 488 g/mol. The van der Waals surface area contributed by atoms with E-state index in [1.807, 2.05) is 30.3 Å². The molecular weight excluding hydrogens is 465 g/mol. The number of fused-ring (bicyclic) bond motifs is 1. The van der Waals surface area contributed by atoms with Gasteiger partial charge in [0, 0.05) is 61.3 Å². The molecule has 4 aromatic rings. The van der Waals surface area contributed by atoms with E-state index >= 15 is 0 Å². The fourth-order valence-corrected chi connectivity index (χ4v) is 4.77. The molecule has 1 aliphatic heterocycles. The number of nitrogens with zero attached hydrogens (tertiary/aromatic N) is 4. The Morgan fingerprint density at radius 2 is 1.51 bits per heavy atom. The molecule has 0 aliphatic carbocycles. The second kappa shape index (κ2) is 10.1. The highest BCUT2D eigenvalue weighted by molar-refractivity contribution is 8.00. The number of pyridine rings is 2. The van der Waals surface area contributed by atoms with E-state index in [4.69, 9.17) is 0 Å². The molecule has 2 aromatic heterocycles. The van der Waals surface area contributed by atoms with E-state index in [0.29, 0.717) is 31.7 Å². The molecule has 9 heteroatoms. The van der Waals surface area contributed by atoms with Crippen molar-refractivity contribution >= 4 is 40.4 Å². The van der Waals surface area contributed by atoms with Crippen molar-refractivity contribution in [3.63, 3.8) is 0 Å². The summed E-state index contributed by atoms with van der Waals surface area (Å²) in [6.45, 7) is 1.62. The summed E-state index contributed by atoms with van der Waals surface area (Å²) in [4.78, 5) is 38.1. The number of anilines is 1. The zero-order valence-corrected chi connectivity index (χ0v) is 19.5. The highest BCUT2D eigenvalue weighted by atomic mass is 32.2. The normalized spacial score (nSPS) is 13.6. The zero-order valence-electron chi connectivity index (χ0n) is 18.7. The van der Waals surface area contributed by atoms with Crippen LogP contribution in [0.5, 0.6) is 0 Å².